The number of hydrogen-bond donors (Lipinski definition) is 3. The molecule has 1 heterocycles. The Hall–Kier alpha value is -1.55. The minimum Gasteiger partial charge on any atom is -0.482 e. The van der Waals surface area contributed by atoms with Crippen molar-refractivity contribution in [2.75, 3.05) is 44.3 Å². The summed E-state index contributed by atoms with van der Waals surface area (Å²) in [6.07, 6.45) is 2.64. The van der Waals surface area contributed by atoms with E-state index in [0.717, 1.165) is 43.2 Å². The van der Waals surface area contributed by atoms with Crippen molar-refractivity contribution in [1.29, 1.82) is 0 Å². The van der Waals surface area contributed by atoms with Crippen molar-refractivity contribution in [1.82, 2.24) is 10.6 Å². The molecule has 7 nitrogen and oxygen atoms in total. The number of aliphatic hydroxyl groups is 1. The Labute approximate surface area is 197 Å². The summed E-state index contributed by atoms with van der Waals surface area (Å²) in [5.41, 5.74) is 0.838. The summed E-state index contributed by atoms with van der Waals surface area (Å²) in [7, 11) is 0. The Balaban J connectivity index is 0.00000450. The van der Waals surface area contributed by atoms with Crippen molar-refractivity contribution in [3.63, 3.8) is 0 Å². The lowest BCUT2D eigenvalue weighted by molar-refractivity contribution is -0.121. The molecule has 1 aromatic carbocycles. The van der Waals surface area contributed by atoms with Gasteiger partial charge in [-0.3, -0.25) is 9.79 Å². The van der Waals surface area contributed by atoms with Gasteiger partial charge >= 0.3 is 0 Å². The quantitative estimate of drug-likeness (QED) is 0.177. The molecular weight excluding hydrogens is 495 g/mol. The Morgan fingerprint density at radius 1 is 1.30 bits per heavy atom. The maximum absolute atomic E-state index is 12.2. The SMILES string of the molecule is CCNC(=NCC(CCO)CC(C)C)NCCCN1C(=O)COc2ccccc21.I. The number of anilines is 1. The molecular formula is C22H37IN4O3. The van der Waals surface area contributed by atoms with Gasteiger partial charge in [-0.1, -0.05) is 26.0 Å². The first-order chi connectivity index (χ1) is 14.0. The van der Waals surface area contributed by atoms with Crippen molar-refractivity contribution in [3.05, 3.63) is 24.3 Å². The number of nitrogens with one attached hydrogen (secondary N) is 2. The summed E-state index contributed by atoms with van der Waals surface area (Å²) in [6.45, 7) is 9.56. The Morgan fingerprint density at radius 3 is 2.77 bits per heavy atom. The zero-order valence-electron chi connectivity index (χ0n) is 18.4. The predicted octanol–water partition coefficient (Wildman–Crippen LogP) is 3.02. The fourth-order valence-corrected chi connectivity index (χ4v) is 3.54. The van der Waals surface area contributed by atoms with Gasteiger partial charge in [0.1, 0.15) is 5.75 Å². The van der Waals surface area contributed by atoms with Gasteiger partial charge in [-0.25, -0.2) is 0 Å². The van der Waals surface area contributed by atoms with Crippen molar-refractivity contribution in [2.45, 2.75) is 40.0 Å². The first kappa shape index (κ1) is 26.5. The Morgan fingerprint density at radius 2 is 2.07 bits per heavy atom. The van der Waals surface area contributed by atoms with E-state index >= 15 is 0 Å². The molecule has 0 radical (unpaired) electrons. The van der Waals surface area contributed by atoms with Crippen molar-refractivity contribution in [2.24, 2.45) is 16.8 Å². The van der Waals surface area contributed by atoms with Crippen LogP contribution in [0.1, 0.15) is 40.0 Å². The van der Waals surface area contributed by atoms with Crippen LogP contribution in [0.4, 0.5) is 5.69 Å². The number of guanidine groups is 1. The third kappa shape index (κ3) is 8.67. The van der Waals surface area contributed by atoms with E-state index < -0.39 is 0 Å². The molecule has 1 aliphatic rings. The molecule has 1 amide bonds. The zero-order chi connectivity index (χ0) is 21.1. The number of benzene rings is 1. The van der Waals surface area contributed by atoms with E-state index in [2.05, 4.69) is 24.5 Å². The van der Waals surface area contributed by atoms with Crippen LogP contribution in [0, 0.1) is 11.8 Å². The lowest BCUT2D eigenvalue weighted by atomic mass is 9.94. The summed E-state index contributed by atoms with van der Waals surface area (Å²) in [6, 6.07) is 7.64. The number of para-hydroxylation sites is 2. The maximum Gasteiger partial charge on any atom is 0.265 e. The van der Waals surface area contributed by atoms with Crippen LogP contribution < -0.4 is 20.3 Å². The molecule has 0 spiro atoms. The predicted molar refractivity (Wildman–Crippen MR) is 133 cm³/mol. The molecule has 170 valence electrons. The second kappa shape index (κ2) is 14.5. The third-order valence-corrected chi connectivity index (χ3v) is 4.85. The van der Waals surface area contributed by atoms with Gasteiger partial charge in [0.25, 0.3) is 5.91 Å². The molecule has 0 aromatic heterocycles. The molecule has 2 rings (SSSR count). The first-order valence-electron chi connectivity index (χ1n) is 10.7. The molecule has 0 aliphatic carbocycles. The highest BCUT2D eigenvalue weighted by Crippen LogP contribution is 2.31. The zero-order valence-corrected chi connectivity index (χ0v) is 20.7. The van der Waals surface area contributed by atoms with Gasteiger partial charge in [0.2, 0.25) is 0 Å². The van der Waals surface area contributed by atoms with Crippen LogP contribution in [0.5, 0.6) is 5.75 Å². The number of aliphatic imine (C=N–C) groups is 1. The number of rotatable bonds is 11. The minimum atomic E-state index is -0.00944. The number of carbonyl (C=O) groups excluding carboxylic acids is 1. The number of fused-ring (bicyclic) bond motifs is 1. The van der Waals surface area contributed by atoms with Crippen LogP contribution in [0.3, 0.4) is 0 Å². The lowest BCUT2D eigenvalue weighted by Gasteiger charge is -2.29. The number of hydrogen-bond acceptors (Lipinski definition) is 4. The smallest absolute Gasteiger partial charge is 0.265 e. The highest BCUT2D eigenvalue weighted by molar-refractivity contribution is 14.0. The monoisotopic (exact) mass is 532 g/mol. The molecule has 0 bridgehead atoms. The van der Waals surface area contributed by atoms with Gasteiger partial charge in [0.15, 0.2) is 12.6 Å². The van der Waals surface area contributed by atoms with E-state index in [0.29, 0.717) is 31.5 Å². The summed E-state index contributed by atoms with van der Waals surface area (Å²) < 4.78 is 5.49. The summed E-state index contributed by atoms with van der Waals surface area (Å²) in [5, 5.41) is 15.9. The standard InChI is InChI=1S/C22H36N4O3.HI/c1-4-23-22(25-15-18(10-13-27)14-17(2)3)24-11-7-12-26-19-8-5-6-9-20(19)29-16-21(26)28;/h5-6,8-9,17-18,27H,4,7,10-16H2,1-3H3,(H2,23,24,25);1H. The van der Waals surface area contributed by atoms with E-state index in [4.69, 9.17) is 9.73 Å². The van der Waals surface area contributed by atoms with Gasteiger partial charge in [0, 0.05) is 32.8 Å². The van der Waals surface area contributed by atoms with Crippen LogP contribution >= 0.6 is 24.0 Å². The van der Waals surface area contributed by atoms with Gasteiger partial charge in [-0.15, -0.1) is 24.0 Å². The van der Waals surface area contributed by atoms with E-state index in [1.165, 1.54) is 0 Å². The van der Waals surface area contributed by atoms with Crippen molar-refractivity contribution < 1.29 is 14.6 Å². The number of amides is 1. The van der Waals surface area contributed by atoms with Gasteiger partial charge < -0.3 is 25.4 Å². The normalized spacial score (nSPS) is 14.6. The van der Waals surface area contributed by atoms with Crippen LogP contribution in [0.25, 0.3) is 0 Å². The fourth-order valence-electron chi connectivity index (χ4n) is 3.54. The number of nitrogens with zero attached hydrogens (tertiary/aromatic N) is 2. The van der Waals surface area contributed by atoms with E-state index in [-0.39, 0.29) is 43.1 Å². The highest BCUT2D eigenvalue weighted by atomic mass is 127. The Kier molecular flexibility index (Phi) is 12.8. The van der Waals surface area contributed by atoms with E-state index in [9.17, 15) is 9.90 Å². The van der Waals surface area contributed by atoms with Gasteiger partial charge in [0.05, 0.1) is 5.69 Å². The van der Waals surface area contributed by atoms with Crippen molar-refractivity contribution >= 4 is 41.5 Å². The molecule has 1 aromatic rings. The third-order valence-electron chi connectivity index (χ3n) is 4.85. The lowest BCUT2D eigenvalue weighted by Crippen LogP contribution is -2.42. The second-order valence-electron chi connectivity index (χ2n) is 7.81. The fraction of sp³-hybridized carbons (Fsp3) is 0.636. The van der Waals surface area contributed by atoms with Crippen LogP contribution in [-0.4, -0.2) is 56.4 Å². The topological polar surface area (TPSA) is 86.2 Å². The molecule has 0 fully saturated rings. The molecule has 30 heavy (non-hydrogen) atoms. The van der Waals surface area contributed by atoms with Crippen LogP contribution in [-0.2, 0) is 4.79 Å². The number of halogens is 1. The largest absolute Gasteiger partial charge is 0.482 e. The van der Waals surface area contributed by atoms with Crippen LogP contribution in [0.15, 0.2) is 29.3 Å². The highest BCUT2D eigenvalue weighted by Gasteiger charge is 2.24. The number of carbonyl (C=O) groups is 1. The molecule has 1 atom stereocenters. The van der Waals surface area contributed by atoms with E-state index in [1.54, 1.807) is 4.90 Å². The summed E-state index contributed by atoms with van der Waals surface area (Å²) in [5.74, 6) is 2.51. The molecule has 1 aliphatic heterocycles. The minimum absolute atomic E-state index is 0. The molecule has 1 unspecified atom stereocenters. The number of ether oxygens (including phenoxy) is 1. The Bertz CT molecular complexity index is 670. The van der Waals surface area contributed by atoms with Gasteiger partial charge in [-0.05, 0) is 50.2 Å². The van der Waals surface area contributed by atoms with Crippen LogP contribution in [0.2, 0.25) is 0 Å². The van der Waals surface area contributed by atoms with E-state index in [1.807, 2.05) is 31.2 Å². The first-order valence-corrected chi connectivity index (χ1v) is 10.7. The average Bonchev–Trinajstić information content (AvgIpc) is 2.70. The molecule has 0 saturated heterocycles. The summed E-state index contributed by atoms with van der Waals surface area (Å²) >= 11 is 0. The summed E-state index contributed by atoms with van der Waals surface area (Å²) in [4.78, 5) is 18.7. The molecule has 3 N–H and O–H groups in total. The number of aliphatic hydroxyl groups excluding tert-OH is 1. The second-order valence-corrected chi connectivity index (χ2v) is 7.81. The average molecular weight is 532 g/mol. The molecule has 0 saturated carbocycles. The van der Waals surface area contributed by atoms with Crippen molar-refractivity contribution in [3.8, 4) is 5.75 Å². The van der Waals surface area contributed by atoms with Gasteiger partial charge in [-0.2, -0.15) is 0 Å². The molecule has 8 heteroatoms. The maximum atomic E-state index is 12.2.